The van der Waals surface area contributed by atoms with Crippen LogP contribution in [0, 0.1) is 13.8 Å². The second kappa shape index (κ2) is 6.16. The van der Waals surface area contributed by atoms with Gasteiger partial charge < -0.3 is 10.2 Å². The van der Waals surface area contributed by atoms with E-state index in [1.807, 2.05) is 0 Å². The Morgan fingerprint density at radius 1 is 1.33 bits per heavy atom. The molecule has 1 unspecified atom stereocenters. The summed E-state index contributed by atoms with van der Waals surface area (Å²) in [7, 11) is 0. The number of aryl methyl sites for hydroxylation is 2. The lowest BCUT2D eigenvalue weighted by atomic mass is 10.1. The predicted molar refractivity (Wildman–Crippen MR) is 65.2 cm³/mol. The van der Waals surface area contributed by atoms with Gasteiger partial charge in [0, 0.05) is 11.5 Å². The van der Waals surface area contributed by atoms with E-state index in [0.29, 0.717) is 5.75 Å². The summed E-state index contributed by atoms with van der Waals surface area (Å²) >= 11 is 1.65. The third kappa shape index (κ3) is 4.24. The molecule has 1 aromatic carbocycles. The minimum atomic E-state index is -0.597. The van der Waals surface area contributed by atoms with E-state index in [9.17, 15) is 5.11 Å². The highest BCUT2D eigenvalue weighted by atomic mass is 32.2. The van der Waals surface area contributed by atoms with E-state index < -0.39 is 6.10 Å². The molecule has 0 fully saturated rings. The quantitative estimate of drug-likeness (QED) is 0.805. The molecular formula is C12H18O2S. The van der Waals surface area contributed by atoms with Crippen molar-refractivity contribution in [3.63, 3.8) is 0 Å². The Labute approximate surface area is 95.3 Å². The molecule has 15 heavy (non-hydrogen) atoms. The van der Waals surface area contributed by atoms with Gasteiger partial charge in [0.2, 0.25) is 0 Å². The zero-order valence-corrected chi connectivity index (χ0v) is 10.0. The maximum Gasteiger partial charge on any atom is 0.0861 e. The largest absolute Gasteiger partial charge is 0.394 e. The van der Waals surface area contributed by atoms with Crippen LogP contribution in [0.4, 0.5) is 0 Å². The summed E-state index contributed by atoms with van der Waals surface area (Å²) in [4.78, 5) is 0. The number of rotatable bonds is 5. The monoisotopic (exact) mass is 226 g/mol. The van der Waals surface area contributed by atoms with Crippen LogP contribution in [-0.2, 0) is 5.75 Å². The molecule has 0 saturated heterocycles. The molecule has 0 heterocycles. The summed E-state index contributed by atoms with van der Waals surface area (Å²) < 4.78 is 0. The minimum Gasteiger partial charge on any atom is -0.394 e. The van der Waals surface area contributed by atoms with Gasteiger partial charge >= 0.3 is 0 Å². The van der Waals surface area contributed by atoms with Gasteiger partial charge in [-0.25, -0.2) is 0 Å². The van der Waals surface area contributed by atoms with Crippen molar-refractivity contribution in [2.75, 3.05) is 12.4 Å². The van der Waals surface area contributed by atoms with Crippen molar-refractivity contribution in [3.8, 4) is 0 Å². The number of aliphatic hydroxyl groups is 2. The first kappa shape index (κ1) is 12.6. The molecule has 1 aromatic rings. The Morgan fingerprint density at radius 2 is 2.07 bits per heavy atom. The molecular weight excluding hydrogens is 208 g/mol. The van der Waals surface area contributed by atoms with Gasteiger partial charge in [-0.15, -0.1) is 0 Å². The predicted octanol–water partition coefficient (Wildman–Crippen LogP) is 1.89. The van der Waals surface area contributed by atoms with Gasteiger partial charge in [0.25, 0.3) is 0 Å². The van der Waals surface area contributed by atoms with Crippen LogP contribution in [0.25, 0.3) is 0 Å². The highest BCUT2D eigenvalue weighted by Gasteiger charge is 2.03. The average molecular weight is 226 g/mol. The van der Waals surface area contributed by atoms with Crippen LogP contribution >= 0.6 is 11.8 Å². The fraction of sp³-hybridized carbons (Fsp3) is 0.500. The number of benzene rings is 1. The third-order valence-corrected chi connectivity index (χ3v) is 3.42. The maximum absolute atomic E-state index is 9.19. The Kier molecular flexibility index (Phi) is 5.15. The van der Waals surface area contributed by atoms with Crippen LogP contribution < -0.4 is 0 Å². The van der Waals surface area contributed by atoms with Crippen LogP contribution in [0.15, 0.2) is 18.2 Å². The maximum atomic E-state index is 9.19. The lowest BCUT2D eigenvalue weighted by molar-refractivity contribution is 0.113. The highest BCUT2D eigenvalue weighted by molar-refractivity contribution is 7.98. The van der Waals surface area contributed by atoms with Crippen LogP contribution in [0.2, 0.25) is 0 Å². The van der Waals surface area contributed by atoms with Crippen molar-refractivity contribution in [2.24, 2.45) is 0 Å². The van der Waals surface area contributed by atoms with Crippen molar-refractivity contribution in [2.45, 2.75) is 25.7 Å². The topological polar surface area (TPSA) is 40.5 Å². The van der Waals surface area contributed by atoms with Crippen LogP contribution in [0.3, 0.4) is 0 Å². The Balaban J connectivity index is 2.46. The summed E-state index contributed by atoms with van der Waals surface area (Å²) in [5.41, 5.74) is 3.86. The molecule has 0 amide bonds. The Morgan fingerprint density at radius 3 is 2.73 bits per heavy atom. The molecule has 3 heteroatoms. The Hall–Kier alpha value is -0.510. The average Bonchev–Trinajstić information content (AvgIpc) is 2.23. The highest BCUT2D eigenvalue weighted by Crippen LogP contribution is 2.18. The zero-order chi connectivity index (χ0) is 11.3. The summed E-state index contributed by atoms with van der Waals surface area (Å²) in [6.07, 6.45) is -0.597. The summed E-state index contributed by atoms with van der Waals surface area (Å²) in [5, 5.41) is 17.9. The van der Waals surface area contributed by atoms with Crippen LogP contribution in [0.5, 0.6) is 0 Å². The normalized spacial score (nSPS) is 12.8. The van der Waals surface area contributed by atoms with E-state index in [2.05, 4.69) is 32.0 Å². The first-order valence-electron chi connectivity index (χ1n) is 5.06. The standard InChI is InChI=1S/C12H18O2S/c1-9-3-4-10(2)11(5-9)7-15-8-12(14)6-13/h3-5,12-14H,6-8H2,1-2H3. The lowest BCUT2D eigenvalue weighted by Gasteiger charge is -2.09. The molecule has 84 valence electrons. The third-order valence-electron chi connectivity index (χ3n) is 2.28. The summed E-state index contributed by atoms with van der Waals surface area (Å²) in [5.74, 6) is 1.48. The SMILES string of the molecule is Cc1ccc(C)c(CSCC(O)CO)c1. The molecule has 0 bridgehead atoms. The first-order chi connectivity index (χ1) is 7.13. The molecule has 0 saturated carbocycles. The van der Waals surface area contributed by atoms with Crippen molar-refractivity contribution in [1.29, 1.82) is 0 Å². The van der Waals surface area contributed by atoms with Gasteiger partial charge in [0.1, 0.15) is 0 Å². The van der Waals surface area contributed by atoms with Crippen molar-refractivity contribution >= 4 is 11.8 Å². The van der Waals surface area contributed by atoms with Gasteiger partial charge in [0.15, 0.2) is 0 Å². The van der Waals surface area contributed by atoms with Crippen molar-refractivity contribution in [1.82, 2.24) is 0 Å². The molecule has 0 aliphatic rings. The van der Waals surface area contributed by atoms with Crippen molar-refractivity contribution in [3.05, 3.63) is 34.9 Å². The number of hydrogen-bond donors (Lipinski definition) is 2. The fourth-order valence-electron chi connectivity index (χ4n) is 1.31. The van der Waals surface area contributed by atoms with E-state index >= 15 is 0 Å². The number of aliphatic hydroxyl groups excluding tert-OH is 2. The molecule has 0 aliphatic carbocycles. The molecule has 2 nitrogen and oxygen atoms in total. The molecule has 1 rings (SSSR count). The van der Waals surface area contributed by atoms with Gasteiger partial charge in [-0.2, -0.15) is 11.8 Å². The van der Waals surface area contributed by atoms with Gasteiger partial charge in [-0.3, -0.25) is 0 Å². The van der Waals surface area contributed by atoms with Crippen molar-refractivity contribution < 1.29 is 10.2 Å². The molecule has 0 radical (unpaired) electrons. The second-order valence-electron chi connectivity index (χ2n) is 3.78. The smallest absolute Gasteiger partial charge is 0.0861 e. The van der Waals surface area contributed by atoms with E-state index in [1.54, 1.807) is 11.8 Å². The molecule has 0 aromatic heterocycles. The molecule has 2 N–H and O–H groups in total. The lowest BCUT2D eigenvalue weighted by Crippen LogP contribution is -2.14. The van der Waals surface area contributed by atoms with E-state index in [4.69, 9.17) is 5.11 Å². The van der Waals surface area contributed by atoms with E-state index in [0.717, 1.165) is 5.75 Å². The van der Waals surface area contributed by atoms with Crippen LogP contribution in [-0.4, -0.2) is 28.7 Å². The zero-order valence-electron chi connectivity index (χ0n) is 9.23. The second-order valence-corrected chi connectivity index (χ2v) is 4.81. The van der Waals surface area contributed by atoms with Gasteiger partial charge in [-0.1, -0.05) is 23.8 Å². The fourth-order valence-corrected chi connectivity index (χ4v) is 2.34. The van der Waals surface area contributed by atoms with Crippen LogP contribution in [0.1, 0.15) is 16.7 Å². The molecule has 0 aliphatic heterocycles. The summed E-state index contributed by atoms with van der Waals surface area (Å²) in [6.45, 7) is 4.02. The van der Waals surface area contributed by atoms with Gasteiger partial charge in [-0.05, 0) is 25.0 Å². The van der Waals surface area contributed by atoms with E-state index in [1.165, 1.54) is 16.7 Å². The van der Waals surface area contributed by atoms with E-state index in [-0.39, 0.29) is 6.61 Å². The minimum absolute atomic E-state index is 0.153. The molecule has 0 spiro atoms. The molecule has 1 atom stereocenters. The Bertz CT molecular complexity index is 312. The number of thioether (sulfide) groups is 1. The first-order valence-corrected chi connectivity index (χ1v) is 6.21. The van der Waals surface area contributed by atoms with Gasteiger partial charge in [0.05, 0.1) is 12.7 Å². The summed E-state index contributed by atoms with van der Waals surface area (Å²) in [6, 6.07) is 6.40. The number of hydrogen-bond acceptors (Lipinski definition) is 3.